The molecule has 0 aliphatic carbocycles. The molecule has 0 saturated heterocycles. The molecule has 0 saturated carbocycles. The van der Waals surface area contributed by atoms with Crippen LogP contribution in [0.1, 0.15) is 5.69 Å². The lowest BCUT2D eigenvalue weighted by Crippen LogP contribution is -2.20. The average molecular weight is 282 g/mol. The molecule has 0 bridgehead atoms. The molecule has 0 aliphatic heterocycles. The van der Waals surface area contributed by atoms with E-state index in [0.29, 0.717) is 0 Å². The third-order valence-electron chi connectivity index (χ3n) is 2.66. The Morgan fingerprint density at radius 3 is 2.53 bits per heavy atom. The van der Waals surface area contributed by atoms with Crippen LogP contribution < -0.4 is 10.6 Å². The molecule has 4 nitrogen and oxygen atoms in total. The SMILES string of the molecule is Cc1c(NC(=S)Nc2ccc(F)cc2F)cnn1C. The van der Waals surface area contributed by atoms with E-state index in [9.17, 15) is 8.78 Å². The highest BCUT2D eigenvalue weighted by Crippen LogP contribution is 2.16. The molecule has 2 rings (SSSR count). The number of aryl methyl sites for hydroxylation is 1. The van der Waals surface area contributed by atoms with Crippen molar-refractivity contribution in [1.82, 2.24) is 9.78 Å². The van der Waals surface area contributed by atoms with Gasteiger partial charge in [0.05, 0.1) is 23.3 Å². The lowest BCUT2D eigenvalue weighted by Gasteiger charge is -2.10. The molecule has 0 aliphatic rings. The number of benzene rings is 1. The van der Waals surface area contributed by atoms with Gasteiger partial charge in [0.1, 0.15) is 11.6 Å². The highest BCUT2D eigenvalue weighted by atomic mass is 32.1. The number of aromatic nitrogens is 2. The summed E-state index contributed by atoms with van der Waals surface area (Å²) in [6.07, 6.45) is 1.62. The number of hydrogen-bond donors (Lipinski definition) is 2. The van der Waals surface area contributed by atoms with Crippen LogP contribution in [0.3, 0.4) is 0 Å². The Morgan fingerprint density at radius 1 is 1.26 bits per heavy atom. The van der Waals surface area contributed by atoms with Gasteiger partial charge in [-0.25, -0.2) is 8.78 Å². The molecule has 0 atom stereocenters. The first-order valence-corrected chi connectivity index (χ1v) is 5.90. The average Bonchev–Trinajstić information content (AvgIpc) is 2.65. The Labute approximate surface area is 114 Å². The first kappa shape index (κ1) is 13.4. The first-order chi connectivity index (χ1) is 8.97. The summed E-state index contributed by atoms with van der Waals surface area (Å²) in [5, 5.41) is 9.82. The van der Waals surface area contributed by atoms with Crippen molar-refractivity contribution in [2.45, 2.75) is 6.92 Å². The van der Waals surface area contributed by atoms with Crippen LogP contribution >= 0.6 is 12.2 Å². The lowest BCUT2D eigenvalue weighted by molar-refractivity contribution is 0.586. The fraction of sp³-hybridized carbons (Fsp3) is 0.167. The summed E-state index contributed by atoms with van der Waals surface area (Å²) in [4.78, 5) is 0. The van der Waals surface area contributed by atoms with E-state index in [1.165, 1.54) is 6.07 Å². The van der Waals surface area contributed by atoms with Crippen molar-refractivity contribution < 1.29 is 8.78 Å². The summed E-state index contributed by atoms with van der Waals surface area (Å²) >= 11 is 5.06. The van der Waals surface area contributed by atoms with Gasteiger partial charge in [0, 0.05) is 13.1 Å². The van der Waals surface area contributed by atoms with E-state index >= 15 is 0 Å². The second-order valence-corrected chi connectivity index (χ2v) is 4.38. The monoisotopic (exact) mass is 282 g/mol. The molecule has 1 aromatic heterocycles. The first-order valence-electron chi connectivity index (χ1n) is 5.49. The molecule has 0 amide bonds. The predicted molar refractivity (Wildman–Crippen MR) is 74.1 cm³/mol. The van der Waals surface area contributed by atoms with Crippen molar-refractivity contribution in [3.8, 4) is 0 Å². The van der Waals surface area contributed by atoms with Crippen LogP contribution in [0, 0.1) is 18.6 Å². The second kappa shape index (κ2) is 5.31. The highest BCUT2D eigenvalue weighted by molar-refractivity contribution is 7.80. The van der Waals surface area contributed by atoms with Gasteiger partial charge in [-0.3, -0.25) is 4.68 Å². The molecule has 2 N–H and O–H groups in total. The third-order valence-corrected chi connectivity index (χ3v) is 2.87. The largest absolute Gasteiger partial charge is 0.330 e. The van der Waals surface area contributed by atoms with E-state index in [-0.39, 0.29) is 10.8 Å². The normalized spacial score (nSPS) is 10.3. The molecule has 0 radical (unpaired) electrons. The van der Waals surface area contributed by atoms with Gasteiger partial charge in [-0.2, -0.15) is 5.10 Å². The van der Waals surface area contributed by atoms with Gasteiger partial charge in [0.15, 0.2) is 5.11 Å². The number of hydrogen-bond acceptors (Lipinski definition) is 2. The quantitative estimate of drug-likeness (QED) is 0.831. The van der Waals surface area contributed by atoms with E-state index < -0.39 is 11.6 Å². The number of nitrogens with one attached hydrogen (secondary N) is 2. The zero-order valence-corrected chi connectivity index (χ0v) is 11.2. The Balaban J connectivity index is 2.07. The van der Waals surface area contributed by atoms with Crippen molar-refractivity contribution in [3.63, 3.8) is 0 Å². The fourth-order valence-corrected chi connectivity index (χ4v) is 1.71. The van der Waals surface area contributed by atoms with E-state index in [1.807, 2.05) is 6.92 Å². The fourth-order valence-electron chi connectivity index (χ4n) is 1.49. The predicted octanol–water partition coefficient (Wildman–Crippen LogP) is 2.82. The zero-order chi connectivity index (χ0) is 14.0. The molecule has 1 aromatic carbocycles. The van der Waals surface area contributed by atoms with Gasteiger partial charge in [-0.05, 0) is 31.3 Å². The Kier molecular flexibility index (Phi) is 3.75. The van der Waals surface area contributed by atoms with Crippen LogP contribution in [0.15, 0.2) is 24.4 Å². The number of thiocarbonyl (C=S) groups is 1. The molecule has 1 heterocycles. The number of anilines is 2. The lowest BCUT2D eigenvalue weighted by atomic mass is 10.3. The highest BCUT2D eigenvalue weighted by Gasteiger charge is 2.08. The minimum atomic E-state index is -0.702. The maximum absolute atomic E-state index is 13.4. The summed E-state index contributed by atoms with van der Waals surface area (Å²) in [6, 6.07) is 3.23. The van der Waals surface area contributed by atoms with Crippen LogP contribution in [0.2, 0.25) is 0 Å². The maximum Gasteiger partial charge on any atom is 0.175 e. The van der Waals surface area contributed by atoms with Crippen molar-refractivity contribution >= 4 is 28.7 Å². The molecule has 19 heavy (non-hydrogen) atoms. The standard InChI is InChI=1S/C12H12F2N4S/c1-7-11(6-15-18(7)2)17-12(19)16-10-4-3-8(13)5-9(10)14/h3-6H,1-2H3,(H2,16,17,19). The van der Waals surface area contributed by atoms with Gasteiger partial charge < -0.3 is 10.6 Å². The van der Waals surface area contributed by atoms with Crippen molar-refractivity contribution in [1.29, 1.82) is 0 Å². The van der Waals surface area contributed by atoms with Crippen molar-refractivity contribution in [2.75, 3.05) is 10.6 Å². The molecular formula is C12H12F2N4S. The van der Waals surface area contributed by atoms with E-state index in [1.54, 1.807) is 17.9 Å². The molecule has 0 spiro atoms. The van der Waals surface area contributed by atoms with E-state index in [4.69, 9.17) is 12.2 Å². The molecule has 0 unspecified atom stereocenters. The summed E-state index contributed by atoms with van der Waals surface area (Å²) in [5.74, 6) is -1.34. The van der Waals surface area contributed by atoms with Gasteiger partial charge in [0.2, 0.25) is 0 Å². The Bertz CT molecular complexity index is 624. The molecule has 0 fully saturated rings. The topological polar surface area (TPSA) is 41.9 Å². The summed E-state index contributed by atoms with van der Waals surface area (Å²) in [7, 11) is 1.80. The van der Waals surface area contributed by atoms with Crippen molar-refractivity contribution in [2.24, 2.45) is 7.05 Å². The smallest absolute Gasteiger partial charge is 0.175 e. The third kappa shape index (κ3) is 3.05. The Morgan fingerprint density at radius 2 is 1.95 bits per heavy atom. The van der Waals surface area contributed by atoms with Crippen molar-refractivity contribution in [3.05, 3.63) is 41.7 Å². The van der Waals surface area contributed by atoms with Gasteiger partial charge in [0.25, 0.3) is 0 Å². The molecule has 100 valence electrons. The van der Waals surface area contributed by atoms with Crippen LogP contribution in [0.5, 0.6) is 0 Å². The summed E-state index contributed by atoms with van der Waals surface area (Å²) in [5.41, 5.74) is 1.73. The zero-order valence-electron chi connectivity index (χ0n) is 10.4. The van der Waals surface area contributed by atoms with Crippen LogP contribution in [0.25, 0.3) is 0 Å². The number of halogens is 2. The molecule has 2 aromatic rings. The van der Waals surface area contributed by atoms with Crippen LogP contribution in [-0.4, -0.2) is 14.9 Å². The summed E-state index contributed by atoms with van der Waals surface area (Å²) < 4.78 is 27.9. The minimum absolute atomic E-state index is 0.112. The second-order valence-electron chi connectivity index (χ2n) is 3.97. The maximum atomic E-state index is 13.4. The molecular weight excluding hydrogens is 270 g/mol. The molecule has 7 heteroatoms. The van der Waals surface area contributed by atoms with Gasteiger partial charge in [-0.1, -0.05) is 0 Å². The Hall–Kier alpha value is -2.02. The van der Waals surface area contributed by atoms with E-state index in [0.717, 1.165) is 23.5 Å². The van der Waals surface area contributed by atoms with Gasteiger partial charge >= 0.3 is 0 Å². The number of rotatable bonds is 2. The van der Waals surface area contributed by atoms with Crippen LogP contribution in [0.4, 0.5) is 20.2 Å². The van der Waals surface area contributed by atoms with E-state index in [2.05, 4.69) is 15.7 Å². The van der Waals surface area contributed by atoms with Gasteiger partial charge in [-0.15, -0.1) is 0 Å². The summed E-state index contributed by atoms with van der Waals surface area (Å²) in [6.45, 7) is 1.87. The number of nitrogens with zero attached hydrogens (tertiary/aromatic N) is 2. The minimum Gasteiger partial charge on any atom is -0.330 e. The van der Waals surface area contributed by atoms with Crippen LogP contribution in [-0.2, 0) is 7.05 Å².